The minimum atomic E-state index is 1.22. The van der Waals surface area contributed by atoms with E-state index in [4.69, 9.17) is 0 Å². The van der Waals surface area contributed by atoms with Crippen molar-refractivity contribution in [3.63, 3.8) is 0 Å². The molecule has 0 aliphatic heterocycles. The van der Waals surface area contributed by atoms with Crippen LogP contribution < -0.4 is 0 Å². The number of rotatable bonds is 4. The van der Waals surface area contributed by atoms with E-state index in [-0.39, 0.29) is 0 Å². The van der Waals surface area contributed by atoms with Crippen molar-refractivity contribution in [1.29, 1.82) is 0 Å². The Bertz CT molecular complexity index is 145. The molecule has 0 spiro atoms. The lowest BCUT2D eigenvalue weighted by Crippen LogP contribution is -1.80. The monoisotopic (exact) mass is 152 g/mol. The average molecular weight is 152 g/mol. The van der Waals surface area contributed by atoms with E-state index in [9.17, 15) is 0 Å². The summed E-state index contributed by atoms with van der Waals surface area (Å²) in [5.74, 6) is 0. The fourth-order valence-electron chi connectivity index (χ4n) is 1.21. The molecule has 0 saturated carbocycles. The molecule has 0 heteroatoms. The van der Waals surface area contributed by atoms with E-state index in [0.717, 1.165) is 0 Å². The molecule has 0 aromatic heterocycles. The highest BCUT2D eigenvalue weighted by Gasteiger charge is 1.92. The lowest BCUT2D eigenvalue weighted by molar-refractivity contribution is 0.804. The van der Waals surface area contributed by atoms with E-state index in [1.807, 2.05) is 0 Å². The quantitative estimate of drug-likeness (QED) is 0.532. The van der Waals surface area contributed by atoms with Crippen LogP contribution in [-0.4, -0.2) is 0 Å². The van der Waals surface area contributed by atoms with Crippen LogP contribution >= 0.6 is 0 Å². The van der Waals surface area contributed by atoms with E-state index in [1.165, 1.54) is 36.8 Å². The van der Waals surface area contributed by atoms with Crippen molar-refractivity contribution in [1.82, 2.24) is 0 Å². The standard InChI is InChI=1S/C11H20/c1-5-7-11(8-6-2)9-10(3)4/h5-8H2,1-4H3. The zero-order valence-corrected chi connectivity index (χ0v) is 8.33. The molecule has 0 N–H and O–H groups in total. The van der Waals surface area contributed by atoms with Crippen molar-refractivity contribution in [2.45, 2.75) is 53.4 Å². The average Bonchev–Trinajstić information content (AvgIpc) is 1.87. The first kappa shape index (κ1) is 10.5. The molecule has 0 amide bonds. The van der Waals surface area contributed by atoms with Gasteiger partial charge >= 0.3 is 0 Å². The SMILES string of the molecule is CCCC(=C=C(C)C)CCC. The van der Waals surface area contributed by atoms with Crippen LogP contribution in [0.2, 0.25) is 0 Å². The van der Waals surface area contributed by atoms with Crippen LogP contribution in [0.1, 0.15) is 53.4 Å². The van der Waals surface area contributed by atoms with Gasteiger partial charge in [-0.25, -0.2) is 0 Å². The van der Waals surface area contributed by atoms with Gasteiger partial charge in [-0.2, -0.15) is 0 Å². The predicted octanol–water partition coefficient (Wildman–Crippen LogP) is 4.08. The number of hydrogen-bond donors (Lipinski definition) is 0. The van der Waals surface area contributed by atoms with Crippen LogP contribution in [0, 0.1) is 0 Å². The molecule has 0 aliphatic rings. The van der Waals surface area contributed by atoms with Gasteiger partial charge in [-0.1, -0.05) is 26.7 Å². The summed E-state index contributed by atoms with van der Waals surface area (Å²) in [6.07, 6.45) is 4.93. The highest BCUT2D eigenvalue weighted by molar-refractivity contribution is 5.05. The zero-order chi connectivity index (χ0) is 8.69. The van der Waals surface area contributed by atoms with E-state index in [1.54, 1.807) is 0 Å². The van der Waals surface area contributed by atoms with E-state index < -0.39 is 0 Å². The maximum atomic E-state index is 3.42. The molecule has 0 fully saturated rings. The van der Waals surface area contributed by atoms with Gasteiger partial charge in [-0.3, -0.25) is 0 Å². The van der Waals surface area contributed by atoms with Gasteiger partial charge in [0.05, 0.1) is 0 Å². The van der Waals surface area contributed by atoms with Crippen molar-refractivity contribution in [3.8, 4) is 0 Å². The fourth-order valence-corrected chi connectivity index (χ4v) is 1.21. The lowest BCUT2D eigenvalue weighted by Gasteiger charge is -1.99. The largest absolute Gasteiger partial charge is 0.123 e. The Kier molecular flexibility index (Phi) is 5.97. The van der Waals surface area contributed by atoms with Gasteiger partial charge < -0.3 is 0 Å². The van der Waals surface area contributed by atoms with Crippen LogP contribution in [0.15, 0.2) is 16.9 Å². The van der Waals surface area contributed by atoms with Gasteiger partial charge in [-0.15, -0.1) is 5.73 Å². The van der Waals surface area contributed by atoms with Crippen molar-refractivity contribution < 1.29 is 0 Å². The first-order valence-electron chi connectivity index (χ1n) is 4.62. The summed E-state index contributed by atoms with van der Waals surface area (Å²) in [6.45, 7) is 8.68. The third kappa shape index (κ3) is 5.94. The normalized spacial score (nSPS) is 9.09. The molecule has 0 radical (unpaired) electrons. The van der Waals surface area contributed by atoms with Crippen molar-refractivity contribution >= 4 is 0 Å². The molecule has 0 nitrogen and oxygen atoms in total. The predicted molar refractivity (Wildman–Crippen MR) is 51.7 cm³/mol. The van der Waals surface area contributed by atoms with Crippen LogP contribution in [0.25, 0.3) is 0 Å². The molecule has 0 bridgehead atoms. The van der Waals surface area contributed by atoms with Crippen LogP contribution in [0.3, 0.4) is 0 Å². The zero-order valence-electron chi connectivity index (χ0n) is 8.33. The van der Waals surface area contributed by atoms with E-state index in [2.05, 4.69) is 33.4 Å². The molecule has 64 valence electrons. The Hall–Kier alpha value is -0.480. The molecule has 0 heterocycles. The summed E-state index contributed by atoms with van der Waals surface area (Å²) in [6, 6.07) is 0. The highest BCUT2D eigenvalue weighted by atomic mass is 14.0. The van der Waals surface area contributed by atoms with Crippen molar-refractivity contribution in [2.75, 3.05) is 0 Å². The van der Waals surface area contributed by atoms with Crippen LogP contribution in [-0.2, 0) is 0 Å². The lowest BCUT2D eigenvalue weighted by atomic mass is 10.1. The molecular weight excluding hydrogens is 132 g/mol. The van der Waals surface area contributed by atoms with Gasteiger partial charge in [0.2, 0.25) is 0 Å². The van der Waals surface area contributed by atoms with E-state index >= 15 is 0 Å². The van der Waals surface area contributed by atoms with Gasteiger partial charge in [0.25, 0.3) is 0 Å². The minimum absolute atomic E-state index is 1.22. The first-order valence-corrected chi connectivity index (χ1v) is 4.62. The number of hydrogen-bond acceptors (Lipinski definition) is 0. The smallest absolute Gasteiger partial charge is 0.0247 e. The summed E-state index contributed by atoms with van der Waals surface area (Å²) in [5, 5.41) is 0. The van der Waals surface area contributed by atoms with Crippen LogP contribution in [0.5, 0.6) is 0 Å². The highest BCUT2D eigenvalue weighted by Crippen LogP contribution is 2.10. The molecule has 0 atom stereocenters. The number of allylic oxidation sites excluding steroid dienone is 1. The minimum Gasteiger partial charge on any atom is -0.123 e. The molecule has 0 aromatic carbocycles. The Labute approximate surface area is 71.0 Å². The van der Waals surface area contributed by atoms with Gasteiger partial charge in [-0.05, 0) is 37.8 Å². The van der Waals surface area contributed by atoms with E-state index in [0.29, 0.717) is 0 Å². The molecule has 11 heavy (non-hydrogen) atoms. The summed E-state index contributed by atoms with van der Waals surface area (Å²) in [4.78, 5) is 0. The topological polar surface area (TPSA) is 0 Å². The summed E-state index contributed by atoms with van der Waals surface area (Å²) in [5.41, 5.74) is 6.22. The molecule has 0 saturated heterocycles. The molecular formula is C11H20. The van der Waals surface area contributed by atoms with Crippen molar-refractivity contribution in [3.05, 3.63) is 16.9 Å². The Morgan fingerprint density at radius 1 is 1.00 bits per heavy atom. The Morgan fingerprint density at radius 2 is 1.45 bits per heavy atom. The molecule has 0 unspecified atom stereocenters. The summed E-state index contributed by atoms with van der Waals surface area (Å²) in [7, 11) is 0. The second-order valence-corrected chi connectivity index (χ2v) is 3.23. The fraction of sp³-hybridized carbons (Fsp3) is 0.727. The Balaban J connectivity index is 4.20. The molecule has 0 aromatic rings. The second kappa shape index (κ2) is 6.24. The summed E-state index contributed by atoms with van der Waals surface area (Å²) >= 11 is 0. The van der Waals surface area contributed by atoms with Gasteiger partial charge in [0, 0.05) is 0 Å². The second-order valence-electron chi connectivity index (χ2n) is 3.23. The van der Waals surface area contributed by atoms with Crippen molar-refractivity contribution in [2.24, 2.45) is 0 Å². The first-order chi connectivity index (χ1) is 5.20. The molecule has 0 rings (SSSR count). The maximum absolute atomic E-state index is 3.42. The summed E-state index contributed by atoms with van der Waals surface area (Å²) < 4.78 is 0. The third-order valence-corrected chi connectivity index (χ3v) is 1.53. The third-order valence-electron chi connectivity index (χ3n) is 1.53. The van der Waals surface area contributed by atoms with Crippen LogP contribution in [0.4, 0.5) is 0 Å². The maximum Gasteiger partial charge on any atom is -0.0247 e. The molecule has 0 aliphatic carbocycles. The van der Waals surface area contributed by atoms with Gasteiger partial charge in [0.15, 0.2) is 0 Å². The Morgan fingerprint density at radius 3 is 1.73 bits per heavy atom. The van der Waals surface area contributed by atoms with Gasteiger partial charge in [0.1, 0.15) is 0 Å².